The van der Waals surface area contributed by atoms with Crippen LogP contribution in [0.3, 0.4) is 0 Å². The summed E-state index contributed by atoms with van der Waals surface area (Å²) >= 11 is 8.66. The molecule has 35 heavy (non-hydrogen) atoms. The highest BCUT2D eigenvalue weighted by atomic mass is 35.5. The number of hydrogen-bond donors (Lipinski definition) is 0. The lowest BCUT2D eigenvalue weighted by atomic mass is 10.2. The van der Waals surface area contributed by atoms with E-state index in [-0.39, 0.29) is 11.7 Å². The number of benzene rings is 3. The van der Waals surface area contributed by atoms with Gasteiger partial charge in [0.05, 0.1) is 18.0 Å². The third-order valence-electron chi connectivity index (χ3n) is 5.09. The first-order valence-electron chi connectivity index (χ1n) is 10.7. The van der Waals surface area contributed by atoms with E-state index >= 15 is 0 Å². The second kappa shape index (κ2) is 10.9. The number of halogens is 1. The SMILES string of the molecule is O=C(CSc1nnc(-c2ccccc2)o1)N(Cc1ccccc1)c1nc(-c2ccc(Cl)cc2)cs1. The minimum Gasteiger partial charge on any atom is -0.411 e. The fraction of sp³-hybridized carbons (Fsp3) is 0.0769. The molecule has 174 valence electrons. The average Bonchev–Trinajstić information content (AvgIpc) is 3.58. The Bertz CT molecular complexity index is 1410. The molecule has 0 N–H and O–H groups in total. The van der Waals surface area contributed by atoms with Crippen LogP contribution in [-0.4, -0.2) is 26.8 Å². The van der Waals surface area contributed by atoms with Crippen LogP contribution < -0.4 is 4.90 Å². The van der Waals surface area contributed by atoms with Crippen molar-refractivity contribution in [1.29, 1.82) is 0 Å². The van der Waals surface area contributed by atoms with Gasteiger partial charge in [0.1, 0.15) is 0 Å². The Morgan fingerprint density at radius 3 is 2.37 bits per heavy atom. The Morgan fingerprint density at radius 2 is 1.63 bits per heavy atom. The molecule has 0 spiro atoms. The van der Waals surface area contributed by atoms with Gasteiger partial charge in [0.2, 0.25) is 11.8 Å². The Kier molecular flexibility index (Phi) is 7.23. The zero-order chi connectivity index (χ0) is 24.0. The van der Waals surface area contributed by atoms with Crippen LogP contribution in [0.25, 0.3) is 22.7 Å². The van der Waals surface area contributed by atoms with Crippen molar-refractivity contribution in [3.8, 4) is 22.7 Å². The van der Waals surface area contributed by atoms with E-state index in [1.54, 1.807) is 4.90 Å². The number of carbonyl (C=O) groups is 1. The molecule has 5 aromatic rings. The summed E-state index contributed by atoms with van der Waals surface area (Å²) in [6.07, 6.45) is 0. The summed E-state index contributed by atoms with van der Waals surface area (Å²) in [5.41, 5.74) is 3.59. The van der Waals surface area contributed by atoms with E-state index in [1.807, 2.05) is 90.3 Å². The standard InChI is InChI=1S/C26H19ClN4O2S2/c27-21-13-11-19(12-14-21)22-16-34-25(28-22)31(15-18-7-3-1-4-8-18)23(32)17-35-26-30-29-24(33-26)20-9-5-2-6-10-20/h1-14,16H,15,17H2. The molecule has 2 heterocycles. The molecule has 0 bridgehead atoms. The lowest BCUT2D eigenvalue weighted by Crippen LogP contribution is -2.31. The van der Waals surface area contributed by atoms with E-state index in [2.05, 4.69) is 10.2 Å². The monoisotopic (exact) mass is 518 g/mol. The number of rotatable bonds is 8. The van der Waals surface area contributed by atoms with Crippen LogP contribution in [-0.2, 0) is 11.3 Å². The van der Waals surface area contributed by atoms with Crippen molar-refractivity contribution < 1.29 is 9.21 Å². The molecular formula is C26H19ClN4O2S2. The van der Waals surface area contributed by atoms with Crippen LogP contribution in [0.5, 0.6) is 0 Å². The first-order valence-corrected chi connectivity index (χ1v) is 13.0. The number of aromatic nitrogens is 3. The summed E-state index contributed by atoms with van der Waals surface area (Å²) < 4.78 is 5.74. The maximum Gasteiger partial charge on any atom is 0.277 e. The molecule has 9 heteroatoms. The van der Waals surface area contributed by atoms with E-state index < -0.39 is 0 Å². The third-order valence-corrected chi connectivity index (χ3v) is 7.01. The largest absolute Gasteiger partial charge is 0.411 e. The van der Waals surface area contributed by atoms with Gasteiger partial charge in [-0.05, 0) is 29.8 Å². The molecule has 0 aliphatic carbocycles. The van der Waals surface area contributed by atoms with Crippen LogP contribution in [0.4, 0.5) is 5.13 Å². The van der Waals surface area contributed by atoms with Gasteiger partial charge in [-0.2, -0.15) is 0 Å². The minimum absolute atomic E-state index is 0.102. The number of nitrogens with zero attached hydrogens (tertiary/aromatic N) is 4. The van der Waals surface area contributed by atoms with Crippen LogP contribution in [0.1, 0.15) is 5.56 Å². The second-order valence-corrected chi connectivity index (χ2v) is 9.72. The molecule has 3 aromatic carbocycles. The predicted molar refractivity (Wildman–Crippen MR) is 141 cm³/mol. The summed E-state index contributed by atoms with van der Waals surface area (Å²) in [6, 6.07) is 26.9. The Morgan fingerprint density at radius 1 is 0.914 bits per heavy atom. The van der Waals surface area contributed by atoms with E-state index in [1.165, 1.54) is 23.1 Å². The van der Waals surface area contributed by atoms with Gasteiger partial charge >= 0.3 is 0 Å². The maximum absolute atomic E-state index is 13.4. The molecule has 2 aromatic heterocycles. The van der Waals surface area contributed by atoms with Crippen molar-refractivity contribution in [2.45, 2.75) is 11.8 Å². The molecule has 1 amide bonds. The average molecular weight is 519 g/mol. The van der Waals surface area contributed by atoms with Crippen molar-refractivity contribution in [2.24, 2.45) is 0 Å². The van der Waals surface area contributed by atoms with Crippen LogP contribution in [0.15, 0.2) is 99.9 Å². The van der Waals surface area contributed by atoms with Gasteiger partial charge < -0.3 is 4.42 Å². The Balaban J connectivity index is 1.34. The van der Waals surface area contributed by atoms with Crippen LogP contribution in [0, 0.1) is 0 Å². The highest BCUT2D eigenvalue weighted by Gasteiger charge is 2.21. The van der Waals surface area contributed by atoms with Crippen molar-refractivity contribution in [3.63, 3.8) is 0 Å². The number of anilines is 1. The highest BCUT2D eigenvalue weighted by molar-refractivity contribution is 7.99. The molecular weight excluding hydrogens is 500 g/mol. The molecule has 0 saturated carbocycles. The second-order valence-electron chi connectivity index (χ2n) is 7.52. The molecule has 0 aliphatic heterocycles. The van der Waals surface area contributed by atoms with Gasteiger partial charge in [0.25, 0.3) is 5.22 Å². The number of hydrogen-bond acceptors (Lipinski definition) is 7. The topological polar surface area (TPSA) is 72.1 Å². The van der Waals surface area contributed by atoms with Crippen molar-refractivity contribution in [1.82, 2.24) is 15.2 Å². The zero-order valence-electron chi connectivity index (χ0n) is 18.4. The highest BCUT2D eigenvalue weighted by Crippen LogP contribution is 2.30. The lowest BCUT2D eigenvalue weighted by molar-refractivity contribution is -0.116. The molecule has 5 rings (SSSR count). The van der Waals surface area contributed by atoms with E-state index in [4.69, 9.17) is 21.0 Å². The van der Waals surface area contributed by atoms with Gasteiger partial charge in [-0.3, -0.25) is 9.69 Å². The summed E-state index contributed by atoms with van der Waals surface area (Å²) in [5.74, 6) is 0.462. The zero-order valence-corrected chi connectivity index (χ0v) is 20.8. The number of amides is 1. The van der Waals surface area contributed by atoms with Crippen LogP contribution in [0.2, 0.25) is 5.02 Å². The fourth-order valence-corrected chi connectivity index (χ4v) is 4.95. The molecule has 0 fully saturated rings. The molecule has 0 atom stereocenters. The third kappa shape index (κ3) is 5.79. The smallest absolute Gasteiger partial charge is 0.277 e. The first kappa shape index (κ1) is 23.3. The number of thiazole rings is 1. The molecule has 0 saturated heterocycles. The van der Waals surface area contributed by atoms with Gasteiger partial charge in [0, 0.05) is 21.5 Å². The van der Waals surface area contributed by atoms with Crippen molar-refractivity contribution >= 4 is 45.7 Å². The molecule has 0 radical (unpaired) electrons. The van der Waals surface area contributed by atoms with E-state index in [9.17, 15) is 4.79 Å². The van der Waals surface area contributed by atoms with Gasteiger partial charge in [0.15, 0.2) is 5.13 Å². The van der Waals surface area contributed by atoms with Gasteiger partial charge in [-0.15, -0.1) is 21.5 Å². The first-order chi connectivity index (χ1) is 17.2. The Hall–Kier alpha value is -3.46. The summed E-state index contributed by atoms with van der Waals surface area (Å²) in [7, 11) is 0. The lowest BCUT2D eigenvalue weighted by Gasteiger charge is -2.19. The van der Waals surface area contributed by atoms with Gasteiger partial charge in [-0.1, -0.05) is 84.0 Å². The summed E-state index contributed by atoms with van der Waals surface area (Å²) in [6.45, 7) is 0.410. The quantitative estimate of drug-likeness (QED) is 0.209. The predicted octanol–water partition coefficient (Wildman–Crippen LogP) is 6.84. The maximum atomic E-state index is 13.4. The van der Waals surface area contributed by atoms with E-state index in [0.717, 1.165) is 22.4 Å². The molecule has 0 aliphatic rings. The number of thioether (sulfide) groups is 1. The molecule has 6 nitrogen and oxygen atoms in total. The van der Waals surface area contributed by atoms with E-state index in [0.29, 0.717) is 27.8 Å². The van der Waals surface area contributed by atoms with Gasteiger partial charge in [-0.25, -0.2) is 4.98 Å². The summed E-state index contributed by atoms with van der Waals surface area (Å²) in [4.78, 5) is 19.8. The van der Waals surface area contributed by atoms with Crippen molar-refractivity contribution in [2.75, 3.05) is 10.7 Å². The van der Waals surface area contributed by atoms with Crippen molar-refractivity contribution in [3.05, 3.63) is 101 Å². The Labute approximate surface area is 215 Å². The minimum atomic E-state index is -0.102. The normalized spacial score (nSPS) is 10.9. The number of carbonyl (C=O) groups excluding carboxylic acids is 1. The van der Waals surface area contributed by atoms with Crippen LogP contribution >= 0.6 is 34.7 Å². The summed E-state index contributed by atoms with van der Waals surface area (Å²) in [5, 5.41) is 11.8. The molecule has 0 unspecified atom stereocenters. The fourth-order valence-electron chi connectivity index (χ4n) is 3.34.